The number of fused-ring (bicyclic) bond motifs is 1. The first-order valence-corrected chi connectivity index (χ1v) is 8.70. The normalized spacial score (nSPS) is 18.3. The molecule has 0 atom stereocenters. The number of aromatic nitrogens is 2. The maximum absolute atomic E-state index is 10.7. The molecule has 3 aromatic rings. The van der Waals surface area contributed by atoms with E-state index >= 15 is 0 Å². The Morgan fingerprint density at radius 1 is 1.11 bits per heavy atom. The molecule has 140 valence electrons. The van der Waals surface area contributed by atoms with Crippen LogP contribution in [0.5, 0.6) is 0 Å². The Balaban J connectivity index is 1.79. The number of ether oxygens (including phenoxy) is 2. The summed E-state index contributed by atoms with van der Waals surface area (Å²) in [6, 6.07) is 15.3. The Kier molecular flexibility index (Phi) is 4.13. The van der Waals surface area contributed by atoms with E-state index in [9.17, 15) is 9.90 Å². The summed E-state index contributed by atoms with van der Waals surface area (Å²) in [5, 5.41) is 12.9. The number of hydrogen-bond donors (Lipinski definition) is 2. The number of nitrogens with zero attached hydrogens (tertiary/aromatic N) is 1. The van der Waals surface area contributed by atoms with Crippen LogP contribution in [-0.4, -0.2) is 29.3 Å². The lowest BCUT2D eigenvalue weighted by molar-refractivity contribution is -0.284. The molecule has 7 nitrogen and oxygen atoms in total. The van der Waals surface area contributed by atoms with Crippen LogP contribution in [0.15, 0.2) is 48.5 Å². The van der Waals surface area contributed by atoms with Crippen molar-refractivity contribution in [3.63, 3.8) is 0 Å². The Morgan fingerprint density at radius 3 is 2.48 bits per heavy atom. The minimum atomic E-state index is -1.42. The molecule has 2 aromatic carbocycles. The second-order valence-electron chi connectivity index (χ2n) is 7.45. The first-order valence-electron chi connectivity index (χ1n) is 8.70. The van der Waals surface area contributed by atoms with Gasteiger partial charge in [-0.2, -0.15) is 0 Å². The van der Waals surface area contributed by atoms with Gasteiger partial charge in [-0.25, -0.2) is 4.98 Å². The van der Waals surface area contributed by atoms with E-state index in [1.165, 1.54) is 0 Å². The number of nitrogens with one attached hydrogen (secondary N) is 2. The van der Waals surface area contributed by atoms with Crippen LogP contribution in [-0.2, 0) is 15.3 Å². The molecule has 1 fully saturated rings. The van der Waals surface area contributed by atoms with Gasteiger partial charge in [0.25, 0.3) is 0 Å². The number of H-pyrrole nitrogens is 1. The zero-order valence-corrected chi connectivity index (χ0v) is 15.1. The monoisotopic (exact) mass is 366 g/mol. The van der Waals surface area contributed by atoms with Crippen molar-refractivity contribution in [2.75, 3.05) is 18.5 Å². The number of aromatic amines is 1. The summed E-state index contributed by atoms with van der Waals surface area (Å²) < 4.78 is 12.6. The van der Waals surface area contributed by atoms with Crippen LogP contribution in [0.25, 0.3) is 11.0 Å². The number of rotatable bonds is 3. The van der Waals surface area contributed by atoms with Crippen LogP contribution in [0.1, 0.15) is 25.0 Å². The average Bonchev–Trinajstić information content (AvgIpc) is 3.03. The molecule has 0 spiro atoms. The molecule has 1 aromatic heterocycles. The summed E-state index contributed by atoms with van der Waals surface area (Å²) >= 11 is 0. The number of carbonyl (C=O) groups excluding carboxylic acids is 1. The number of carbonyl (C=O) groups is 1. The lowest BCUT2D eigenvalue weighted by Gasteiger charge is -2.44. The second kappa shape index (κ2) is 6.37. The van der Waals surface area contributed by atoms with Gasteiger partial charge in [0.2, 0.25) is 11.7 Å². The lowest BCUT2D eigenvalue weighted by atomic mass is 9.90. The number of benzene rings is 2. The van der Waals surface area contributed by atoms with Crippen molar-refractivity contribution in [3.05, 3.63) is 59.7 Å². The molecule has 0 aliphatic carbocycles. The van der Waals surface area contributed by atoms with Gasteiger partial charge < -0.3 is 29.7 Å². The third kappa shape index (κ3) is 3.27. The molecule has 4 rings (SSSR count). The Hall–Kier alpha value is -2.90. The van der Waals surface area contributed by atoms with E-state index in [-0.39, 0.29) is 11.4 Å². The predicted octanol–water partition coefficient (Wildman–Crippen LogP) is 2.59. The number of anilines is 1. The van der Waals surface area contributed by atoms with Gasteiger partial charge in [0, 0.05) is 16.5 Å². The molecule has 27 heavy (non-hydrogen) atoms. The van der Waals surface area contributed by atoms with Crippen molar-refractivity contribution in [1.82, 2.24) is 9.97 Å². The van der Waals surface area contributed by atoms with Gasteiger partial charge in [-0.3, -0.25) is 0 Å². The minimum absolute atomic E-state index is 0.0814. The zero-order chi connectivity index (χ0) is 19.1. The Morgan fingerprint density at radius 2 is 1.81 bits per heavy atom. The molecule has 1 saturated heterocycles. The largest absolute Gasteiger partial charge is 0.530 e. The molecule has 1 aliphatic rings. The van der Waals surface area contributed by atoms with E-state index in [1.807, 2.05) is 42.5 Å². The average molecular weight is 366 g/mol. The number of imidazole rings is 1. The first kappa shape index (κ1) is 17.5. The maximum atomic E-state index is 10.7. The van der Waals surface area contributed by atoms with Crippen molar-refractivity contribution in [1.29, 1.82) is 0 Å². The fourth-order valence-electron chi connectivity index (χ4n) is 3.21. The molecular weight excluding hydrogens is 346 g/mol. The third-order valence-electron chi connectivity index (χ3n) is 4.57. The van der Waals surface area contributed by atoms with Gasteiger partial charge in [-0.15, -0.1) is 0 Å². The Labute approximate surface area is 156 Å². The summed E-state index contributed by atoms with van der Waals surface area (Å²) in [5.74, 6) is -0.916. The van der Waals surface area contributed by atoms with E-state index in [4.69, 9.17) is 9.47 Å². The summed E-state index contributed by atoms with van der Waals surface area (Å²) in [5.41, 5.74) is 2.92. The van der Waals surface area contributed by atoms with Crippen molar-refractivity contribution < 1.29 is 19.4 Å². The SMILES string of the molecule is CC1(C)COC(c2ccccc2)(c2ccc3nc(NC(=O)[O-])[nH]c3c2)OC1. The third-order valence-corrected chi connectivity index (χ3v) is 4.57. The van der Waals surface area contributed by atoms with Crippen molar-refractivity contribution >= 4 is 23.1 Å². The van der Waals surface area contributed by atoms with Crippen LogP contribution in [0, 0.1) is 5.41 Å². The molecule has 0 bridgehead atoms. The molecule has 2 heterocycles. The fourth-order valence-corrected chi connectivity index (χ4v) is 3.21. The summed E-state index contributed by atoms with van der Waals surface area (Å²) in [4.78, 5) is 17.9. The van der Waals surface area contributed by atoms with Crippen LogP contribution in [0.3, 0.4) is 0 Å². The molecule has 0 radical (unpaired) electrons. The van der Waals surface area contributed by atoms with Gasteiger partial charge in [0.05, 0.1) is 24.2 Å². The molecule has 1 amide bonds. The van der Waals surface area contributed by atoms with Gasteiger partial charge in [0.1, 0.15) is 6.09 Å². The Bertz CT molecular complexity index is 971. The summed E-state index contributed by atoms with van der Waals surface area (Å²) in [6.45, 7) is 5.27. The van der Waals surface area contributed by atoms with E-state index in [1.54, 1.807) is 6.07 Å². The molecule has 0 unspecified atom stereocenters. The standard InChI is InChI=1S/C20H21N3O4/c1-19(2)11-26-20(27-12-19,13-6-4-3-5-7-13)14-8-9-15-16(10-14)22-17(21-15)23-18(24)25/h3-10H,11-12H2,1-2H3,(H,24,25)(H2,21,22,23)/p-1. The lowest BCUT2D eigenvalue weighted by Crippen LogP contribution is -2.46. The summed E-state index contributed by atoms with van der Waals surface area (Å²) in [6.07, 6.45) is -1.42. The van der Waals surface area contributed by atoms with E-state index in [2.05, 4.69) is 29.1 Å². The number of amides is 1. The smallest absolute Gasteiger partial charge is 0.222 e. The van der Waals surface area contributed by atoms with Gasteiger partial charge in [0.15, 0.2) is 0 Å². The van der Waals surface area contributed by atoms with Crippen LogP contribution < -0.4 is 10.4 Å². The van der Waals surface area contributed by atoms with Crippen LogP contribution in [0.2, 0.25) is 0 Å². The molecular formula is C20H20N3O4-. The molecule has 1 aliphatic heterocycles. The van der Waals surface area contributed by atoms with Gasteiger partial charge >= 0.3 is 0 Å². The summed E-state index contributed by atoms with van der Waals surface area (Å²) in [7, 11) is 0. The van der Waals surface area contributed by atoms with Crippen molar-refractivity contribution in [3.8, 4) is 0 Å². The van der Waals surface area contributed by atoms with E-state index in [0.717, 1.165) is 11.1 Å². The molecule has 0 saturated carbocycles. The van der Waals surface area contributed by atoms with E-state index < -0.39 is 11.9 Å². The molecule has 2 N–H and O–H groups in total. The van der Waals surface area contributed by atoms with Gasteiger partial charge in [-0.05, 0) is 12.1 Å². The van der Waals surface area contributed by atoms with E-state index in [0.29, 0.717) is 24.2 Å². The minimum Gasteiger partial charge on any atom is -0.530 e. The van der Waals surface area contributed by atoms with Crippen LogP contribution >= 0.6 is 0 Å². The quantitative estimate of drug-likeness (QED) is 0.742. The highest BCUT2D eigenvalue weighted by atomic mass is 16.7. The van der Waals surface area contributed by atoms with Gasteiger partial charge in [-0.1, -0.05) is 50.2 Å². The first-order chi connectivity index (χ1) is 12.9. The fraction of sp³-hybridized carbons (Fsp3) is 0.300. The van der Waals surface area contributed by atoms with Crippen LogP contribution in [0.4, 0.5) is 10.7 Å². The second-order valence-corrected chi connectivity index (χ2v) is 7.45. The van der Waals surface area contributed by atoms with Crippen molar-refractivity contribution in [2.24, 2.45) is 5.41 Å². The maximum Gasteiger partial charge on any atom is 0.222 e. The predicted molar refractivity (Wildman–Crippen MR) is 98.0 cm³/mol. The van der Waals surface area contributed by atoms with Crippen molar-refractivity contribution in [2.45, 2.75) is 19.6 Å². The highest BCUT2D eigenvalue weighted by Gasteiger charge is 2.43. The highest BCUT2D eigenvalue weighted by Crippen LogP contribution is 2.42. The zero-order valence-electron chi connectivity index (χ0n) is 15.1. The number of hydrogen-bond acceptors (Lipinski definition) is 5. The molecule has 7 heteroatoms. The topological polar surface area (TPSA) is 99.3 Å². The number of carboxylic acid groups (broad SMARTS) is 1. The highest BCUT2D eigenvalue weighted by molar-refractivity contribution is 5.84.